The summed E-state index contributed by atoms with van der Waals surface area (Å²) in [7, 11) is 1.59. The van der Waals surface area contributed by atoms with E-state index in [0.29, 0.717) is 5.69 Å². The van der Waals surface area contributed by atoms with Crippen LogP contribution in [0.2, 0.25) is 0 Å². The highest BCUT2D eigenvalue weighted by atomic mass is 16.1. The van der Waals surface area contributed by atoms with E-state index >= 15 is 0 Å². The number of rotatable bonds is 2. The molecule has 0 atom stereocenters. The molecule has 3 rings (SSSR count). The van der Waals surface area contributed by atoms with Crippen LogP contribution < -0.4 is 10.2 Å². The summed E-state index contributed by atoms with van der Waals surface area (Å²) in [5.41, 5.74) is 3.10. The Morgan fingerprint density at radius 3 is 2.67 bits per heavy atom. The Kier molecular flexibility index (Phi) is 3.81. The van der Waals surface area contributed by atoms with Gasteiger partial charge in [0.25, 0.3) is 5.91 Å². The van der Waals surface area contributed by atoms with Crippen LogP contribution in [0.5, 0.6) is 0 Å². The lowest BCUT2D eigenvalue weighted by Gasteiger charge is -2.21. The Morgan fingerprint density at radius 1 is 1.14 bits per heavy atom. The SMILES string of the molecule is CNC(=O)c1ccc(N2CCCc3ccccc3C2)nn1. The highest BCUT2D eigenvalue weighted by Crippen LogP contribution is 2.22. The molecule has 1 aromatic carbocycles. The molecule has 1 amide bonds. The normalized spacial score (nSPS) is 14.2. The molecule has 0 aliphatic carbocycles. The molecule has 0 bridgehead atoms. The fourth-order valence-electron chi connectivity index (χ4n) is 2.64. The third-order valence-corrected chi connectivity index (χ3v) is 3.79. The number of carbonyl (C=O) groups excluding carboxylic acids is 1. The van der Waals surface area contributed by atoms with E-state index in [-0.39, 0.29) is 5.91 Å². The average molecular weight is 282 g/mol. The fraction of sp³-hybridized carbons (Fsp3) is 0.312. The Bertz CT molecular complexity index is 639. The van der Waals surface area contributed by atoms with Crippen molar-refractivity contribution in [2.45, 2.75) is 19.4 Å². The fourth-order valence-corrected chi connectivity index (χ4v) is 2.64. The van der Waals surface area contributed by atoms with E-state index in [9.17, 15) is 4.79 Å². The quantitative estimate of drug-likeness (QED) is 0.912. The number of hydrogen-bond donors (Lipinski definition) is 1. The predicted octanol–water partition coefficient (Wildman–Crippen LogP) is 1.79. The van der Waals surface area contributed by atoms with Crippen molar-refractivity contribution in [1.82, 2.24) is 15.5 Å². The minimum Gasteiger partial charge on any atom is -0.354 e. The van der Waals surface area contributed by atoms with Crippen molar-refractivity contribution in [1.29, 1.82) is 0 Å². The van der Waals surface area contributed by atoms with Crippen LogP contribution in [-0.2, 0) is 13.0 Å². The molecule has 0 unspecified atom stereocenters. The highest BCUT2D eigenvalue weighted by Gasteiger charge is 2.16. The molecular weight excluding hydrogens is 264 g/mol. The zero-order valence-corrected chi connectivity index (χ0v) is 12.0. The number of hydrogen-bond acceptors (Lipinski definition) is 4. The Balaban J connectivity index is 1.82. The van der Waals surface area contributed by atoms with Crippen LogP contribution in [0, 0.1) is 0 Å². The van der Waals surface area contributed by atoms with Gasteiger partial charge < -0.3 is 10.2 Å². The lowest BCUT2D eigenvalue weighted by atomic mass is 10.0. The maximum Gasteiger partial charge on any atom is 0.271 e. The standard InChI is InChI=1S/C16H18N4O/c1-17-16(21)14-8-9-15(19-18-14)20-10-4-7-12-5-2-3-6-13(12)11-20/h2-3,5-6,8-9H,4,7,10-11H2,1H3,(H,17,21). The molecule has 0 saturated heterocycles. The second kappa shape index (κ2) is 5.91. The van der Waals surface area contributed by atoms with Gasteiger partial charge >= 0.3 is 0 Å². The van der Waals surface area contributed by atoms with E-state index in [1.807, 2.05) is 6.07 Å². The van der Waals surface area contributed by atoms with Crippen molar-refractivity contribution >= 4 is 11.7 Å². The van der Waals surface area contributed by atoms with Gasteiger partial charge in [0.05, 0.1) is 0 Å². The van der Waals surface area contributed by atoms with Crippen molar-refractivity contribution in [3.63, 3.8) is 0 Å². The van der Waals surface area contributed by atoms with Gasteiger partial charge in [0.15, 0.2) is 11.5 Å². The van der Waals surface area contributed by atoms with Gasteiger partial charge in [-0.25, -0.2) is 0 Å². The molecule has 2 aromatic rings. The maximum atomic E-state index is 11.5. The summed E-state index contributed by atoms with van der Waals surface area (Å²) >= 11 is 0. The number of aryl methyl sites for hydroxylation is 1. The van der Waals surface area contributed by atoms with E-state index in [1.165, 1.54) is 11.1 Å². The Hall–Kier alpha value is -2.43. The number of nitrogens with one attached hydrogen (secondary N) is 1. The van der Waals surface area contributed by atoms with E-state index in [0.717, 1.165) is 31.7 Å². The van der Waals surface area contributed by atoms with E-state index < -0.39 is 0 Å². The van der Waals surface area contributed by atoms with Gasteiger partial charge in [0.1, 0.15) is 0 Å². The van der Waals surface area contributed by atoms with Crippen LogP contribution in [0.1, 0.15) is 28.0 Å². The first-order chi connectivity index (χ1) is 10.3. The largest absolute Gasteiger partial charge is 0.354 e. The van der Waals surface area contributed by atoms with Crippen LogP contribution in [0.4, 0.5) is 5.82 Å². The topological polar surface area (TPSA) is 58.1 Å². The molecule has 108 valence electrons. The molecule has 1 aliphatic heterocycles. The van der Waals surface area contributed by atoms with E-state index in [1.54, 1.807) is 13.1 Å². The van der Waals surface area contributed by atoms with Crippen molar-refractivity contribution in [2.24, 2.45) is 0 Å². The number of nitrogens with zero attached hydrogens (tertiary/aromatic N) is 3. The van der Waals surface area contributed by atoms with Crippen LogP contribution in [0.3, 0.4) is 0 Å². The molecule has 2 heterocycles. The molecule has 0 fully saturated rings. The number of benzene rings is 1. The van der Waals surface area contributed by atoms with Crippen molar-refractivity contribution in [3.05, 3.63) is 53.2 Å². The number of carbonyl (C=O) groups is 1. The smallest absolute Gasteiger partial charge is 0.271 e. The van der Waals surface area contributed by atoms with Gasteiger partial charge in [0, 0.05) is 20.1 Å². The molecule has 5 heteroatoms. The summed E-state index contributed by atoms with van der Waals surface area (Å²) < 4.78 is 0. The number of amides is 1. The Labute approximate surface area is 124 Å². The summed E-state index contributed by atoms with van der Waals surface area (Å²) in [4.78, 5) is 13.7. The van der Waals surface area contributed by atoms with E-state index in [2.05, 4.69) is 44.7 Å². The molecule has 0 saturated carbocycles. The summed E-state index contributed by atoms with van der Waals surface area (Å²) in [5.74, 6) is 0.606. The predicted molar refractivity (Wildman–Crippen MR) is 81.2 cm³/mol. The Morgan fingerprint density at radius 2 is 1.95 bits per heavy atom. The summed E-state index contributed by atoms with van der Waals surface area (Å²) in [6.07, 6.45) is 2.19. The lowest BCUT2D eigenvalue weighted by Crippen LogP contribution is -2.25. The second-order valence-corrected chi connectivity index (χ2v) is 5.15. The van der Waals surface area contributed by atoms with Crippen molar-refractivity contribution in [2.75, 3.05) is 18.5 Å². The zero-order chi connectivity index (χ0) is 14.7. The van der Waals surface area contributed by atoms with E-state index in [4.69, 9.17) is 0 Å². The lowest BCUT2D eigenvalue weighted by molar-refractivity contribution is 0.0957. The van der Waals surface area contributed by atoms with Gasteiger partial charge in [-0.2, -0.15) is 0 Å². The molecule has 0 radical (unpaired) electrons. The highest BCUT2D eigenvalue weighted by molar-refractivity contribution is 5.91. The minimum atomic E-state index is -0.213. The second-order valence-electron chi connectivity index (χ2n) is 5.15. The summed E-state index contributed by atoms with van der Waals surface area (Å²) in [5, 5.41) is 10.8. The maximum absolute atomic E-state index is 11.5. The third kappa shape index (κ3) is 2.86. The molecule has 21 heavy (non-hydrogen) atoms. The summed E-state index contributed by atoms with van der Waals surface area (Å²) in [6.45, 7) is 1.78. The molecule has 5 nitrogen and oxygen atoms in total. The first-order valence-corrected chi connectivity index (χ1v) is 7.15. The first kappa shape index (κ1) is 13.5. The van der Waals surface area contributed by atoms with Gasteiger partial charge in [-0.15, -0.1) is 10.2 Å². The zero-order valence-electron chi connectivity index (χ0n) is 12.0. The van der Waals surface area contributed by atoms with Gasteiger partial charge in [0.2, 0.25) is 0 Å². The van der Waals surface area contributed by atoms with Crippen LogP contribution in [0.15, 0.2) is 36.4 Å². The number of fused-ring (bicyclic) bond motifs is 1. The molecule has 1 aliphatic rings. The van der Waals surface area contributed by atoms with Crippen LogP contribution >= 0.6 is 0 Å². The molecule has 0 spiro atoms. The average Bonchev–Trinajstić information content (AvgIpc) is 2.76. The number of anilines is 1. The first-order valence-electron chi connectivity index (χ1n) is 7.15. The molecular formula is C16H18N4O. The number of aromatic nitrogens is 2. The minimum absolute atomic E-state index is 0.213. The summed E-state index contributed by atoms with van der Waals surface area (Å²) in [6, 6.07) is 12.1. The molecule has 1 aromatic heterocycles. The van der Waals surface area contributed by atoms with Gasteiger partial charge in [-0.1, -0.05) is 24.3 Å². The van der Waals surface area contributed by atoms with Crippen LogP contribution in [0.25, 0.3) is 0 Å². The van der Waals surface area contributed by atoms with Crippen molar-refractivity contribution in [3.8, 4) is 0 Å². The van der Waals surface area contributed by atoms with Crippen molar-refractivity contribution < 1.29 is 4.79 Å². The van der Waals surface area contributed by atoms with Gasteiger partial charge in [-0.05, 0) is 36.1 Å². The third-order valence-electron chi connectivity index (χ3n) is 3.79. The van der Waals surface area contributed by atoms with Crippen LogP contribution in [-0.4, -0.2) is 29.7 Å². The van der Waals surface area contributed by atoms with Gasteiger partial charge in [-0.3, -0.25) is 4.79 Å². The monoisotopic (exact) mass is 282 g/mol. The molecule has 1 N–H and O–H groups in total.